The van der Waals surface area contributed by atoms with Gasteiger partial charge in [0, 0.05) is 19.3 Å². The van der Waals surface area contributed by atoms with Gasteiger partial charge in [-0.1, -0.05) is 296 Å². The number of allylic oxidation sites excluding steroid dienone is 22. The number of unbranched alkanes of at least 4 members (excludes halogenated alkanes) is 29. The number of hydrogen-bond acceptors (Lipinski definition) is 6. The van der Waals surface area contributed by atoms with E-state index in [1.54, 1.807) is 0 Å². The van der Waals surface area contributed by atoms with Crippen LogP contribution in [0.15, 0.2) is 134 Å². The fourth-order valence-corrected chi connectivity index (χ4v) is 9.49. The van der Waals surface area contributed by atoms with Crippen LogP contribution < -0.4 is 0 Å². The molecule has 0 aliphatic carbocycles. The first-order chi connectivity index (χ1) is 41.0. The Balaban J connectivity index is 4.42. The van der Waals surface area contributed by atoms with Crippen LogP contribution in [-0.4, -0.2) is 37.2 Å². The van der Waals surface area contributed by atoms with Gasteiger partial charge in [-0.05, 0) is 135 Å². The highest BCUT2D eigenvalue weighted by Gasteiger charge is 2.19. The lowest BCUT2D eigenvalue weighted by Crippen LogP contribution is -2.30. The van der Waals surface area contributed by atoms with Gasteiger partial charge in [-0.15, -0.1) is 0 Å². The molecule has 0 saturated heterocycles. The molecule has 1 atom stereocenters. The highest BCUT2D eigenvalue weighted by atomic mass is 16.6. The molecule has 0 heterocycles. The van der Waals surface area contributed by atoms with Gasteiger partial charge in [-0.3, -0.25) is 14.4 Å². The van der Waals surface area contributed by atoms with Crippen molar-refractivity contribution in [3.8, 4) is 0 Å². The summed E-state index contributed by atoms with van der Waals surface area (Å²) in [6.45, 7) is 6.40. The predicted molar refractivity (Wildman–Crippen MR) is 362 cm³/mol. The van der Waals surface area contributed by atoms with E-state index >= 15 is 0 Å². The zero-order valence-electron chi connectivity index (χ0n) is 54.2. The predicted octanol–water partition coefficient (Wildman–Crippen LogP) is 24.1. The average Bonchev–Trinajstić information content (AvgIpc) is 3.50. The lowest BCUT2D eigenvalue weighted by Gasteiger charge is -2.18. The van der Waals surface area contributed by atoms with Crippen molar-refractivity contribution in [2.24, 2.45) is 0 Å². The minimum atomic E-state index is -0.796. The van der Waals surface area contributed by atoms with Crippen molar-refractivity contribution < 1.29 is 28.6 Å². The van der Waals surface area contributed by atoms with Crippen LogP contribution in [0.2, 0.25) is 0 Å². The molecule has 0 aromatic rings. The number of esters is 3. The molecule has 0 saturated carbocycles. The molecule has 0 aliphatic rings. The standard InChI is InChI=1S/C77H128O6/c1-4-7-10-13-16-19-22-25-28-31-34-36-37-38-39-41-43-46-49-52-55-58-61-64-67-70-76(79)82-73-74(72-81-75(78)69-66-63-60-57-54-51-48-45-42-33-30-27-24-21-18-15-12-9-6-3)83-77(80)71-68-65-62-59-56-53-50-47-44-40-35-32-29-26-23-20-17-14-11-8-5-2/h7-8,10-11,16-21,25-30,34-36,40,42,45,74H,4-6,9,12-15,22-24,31-33,37-39,41,43-44,46-73H2,1-3H3/b10-7-,11-8-,19-16-,20-17-,21-18-,28-25-,29-26-,30-27-,36-34-,40-35-,45-42-. The van der Waals surface area contributed by atoms with Crippen LogP contribution in [0.25, 0.3) is 0 Å². The normalized spacial score (nSPS) is 13.0. The first-order valence-corrected chi connectivity index (χ1v) is 34.7. The Morgan fingerprint density at radius 1 is 0.253 bits per heavy atom. The third-order valence-corrected chi connectivity index (χ3v) is 14.6. The highest BCUT2D eigenvalue weighted by molar-refractivity contribution is 5.71. The van der Waals surface area contributed by atoms with Crippen LogP contribution in [0.1, 0.15) is 316 Å². The van der Waals surface area contributed by atoms with Crippen LogP contribution in [-0.2, 0) is 28.6 Å². The molecule has 0 N–H and O–H groups in total. The molecule has 0 aromatic heterocycles. The summed E-state index contributed by atoms with van der Waals surface area (Å²) in [5.41, 5.74) is 0. The Kier molecular flexibility index (Phi) is 66.3. The summed E-state index contributed by atoms with van der Waals surface area (Å²) in [6, 6.07) is 0. The van der Waals surface area contributed by atoms with Crippen LogP contribution in [0, 0.1) is 0 Å². The van der Waals surface area contributed by atoms with E-state index in [0.717, 1.165) is 135 Å². The van der Waals surface area contributed by atoms with Gasteiger partial charge in [0.15, 0.2) is 6.10 Å². The fraction of sp³-hybridized carbons (Fsp3) is 0.675. The lowest BCUT2D eigenvalue weighted by atomic mass is 10.0. The van der Waals surface area contributed by atoms with Crippen LogP contribution in [0.3, 0.4) is 0 Å². The molecule has 6 heteroatoms. The van der Waals surface area contributed by atoms with Gasteiger partial charge in [-0.25, -0.2) is 0 Å². The van der Waals surface area contributed by atoms with Crippen molar-refractivity contribution in [1.29, 1.82) is 0 Å². The fourth-order valence-electron chi connectivity index (χ4n) is 9.49. The Labute approximate surface area is 513 Å². The largest absolute Gasteiger partial charge is 0.462 e. The molecule has 0 fully saturated rings. The number of carbonyl (C=O) groups is 3. The average molecular weight is 1150 g/mol. The summed E-state index contributed by atoms with van der Waals surface area (Å²) in [7, 11) is 0. The first-order valence-electron chi connectivity index (χ1n) is 34.7. The van der Waals surface area contributed by atoms with Crippen molar-refractivity contribution in [3.63, 3.8) is 0 Å². The van der Waals surface area contributed by atoms with Crippen molar-refractivity contribution >= 4 is 17.9 Å². The lowest BCUT2D eigenvalue weighted by molar-refractivity contribution is -0.167. The van der Waals surface area contributed by atoms with Crippen molar-refractivity contribution in [1.82, 2.24) is 0 Å². The van der Waals surface area contributed by atoms with E-state index in [9.17, 15) is 14.4 Å². The molecule has 0 aliphatic heterocycles. The molecule has 0 radical (unpaired) electrons. The van der Waals surface area contributed by atoms with E-state index in [2.05, 4.69) is 154 Å². The van der Waals surface area contributed by atoms with Crippen LogP contribution in [0.5, 0.6) is 0 Å². The minimum Gasteiger partial charge on any atom is -0.462 e. The van der Waals surface area contributed by atoms with E-state index in [4.69, 9.17) is 14.2 Å². The summed E-state index contributed by atoms with van der Waals surface area (Å²) in [5, 5.41) is 0. The molecule has 0 amide bonds. The first kappa shape index (κ1) is 78.5. The third kappa shape index (κ3) is 68.2. The Bertz CT molecular complexity index is 1750. The minimum absolute atomic E-state index is 0.0891. The molecule has 0 bridgehead atoms. The van der Waals surface area contributed by atoms with Crippen molar-refractivity contribution in [3.05, 3.63) is 134 Å². The summed E-state index contributed by atoms with van der Waals surface area (Å²) in [5.74, 6) is -0.903. The number of carbonyl (C=O) groups excluding carboxylic acids is 3. The van der Waals surface area contributed by atoms with Gasteiger partial charge in [-0.2, -0.15) is 0 Å². The second kappa shape index (κ2) is 70.0. The zero-order chi connectivity index (χ0) is 59.9. The van der Waals surface area contributed by atoms with Crippen molar-refractivity contribution in [2.45, 2.75) is 322 Å². The highest BCUT2D eigenvalue weighted by Crippen LogP contribution is 2.16. The SMILES string of the molecule is CC/C=C\C/C=C\C/C=C\C/C=C\CCCCCCCCCCCCCCC(=O)OCC(COC(=O)CCCCCCCC/C=C\C/C=C\C/C=C\CCCCC)OC(=O)CCCCCCCCCC/C=C\C/C=C\C/C=C\C/C=C\CC. The van der Waals surface area contributed by atoms with E-state index < -0.39 is 6.10 Å². The van der Waals surface area contributed by atoms with Gasteiger partial charge in [0.25, 0.3) is 0 Å². The topological polar surface area (TPSA) is 78.9 Å². The summed E-state index contributed by atoms with van der Waals surface area (Å²) >= 11 is 0. The molecule has 0 aromatic carbocycles. The molecule has 83 heavy (non-hydrogen) atoms. The van der Waals surface area contributed by atoms with E-state index in [-0.39, 0.29) is 31.1 Å². The van der Waals surface area contributed by atoms with Crippen LogP contribution >= 0.6 is 0 Å². The summed E-state index contributed by atoms with van der Waals surface area (Å²) in [6.07, 6.45) is 98.9. The Hall–Kier alpha value is -4.45. The molecule has 472 valence electrons. The maximum absolute atomic E-state index is 13.0. The summed E-state index contributed by atoms with van der Waals surface area (Å²) < 4.78 is 17.0. The molecular weight excluding hydrogens is 1020 g/mol. The third-order valence-electron chi connectivity index (χ3n) is 14.6. The second-order valence-corrected chi connectivity index (χ2v) is 22.7. The molecule has 0 rings (SSSR count). The quantitative estimate of drug-likeness (QED) is 0.0261. The maximum Gasteiger partial charge on any atom is 0.306 e. The molecule has 1 unspecified atom stereocenters. The van der Waals surface area contributed by atoms with Gasteiger partial charge in [0.1, 0.15) is 13.2 Å². The zero-order valence-corrected chi connectivity index (χ0v) is 54.2. The van der Waals surface area contributed by atoms with E-state index in [0.29, 0.717) is 19.3 Å². The molecule has 0 spiro atoms. The molecule has 6 nitrogen and oxygen atoms in total. The van der Waals surface area contributed by atoms with E-state index in [1.165, 1.54) is 141 Å². The number of ether oxygens (including phenoxy) is 3. The van der Waals surface area contributed by atoms with Gasteiger partial charge >= 0.3 is 17.9 Å². The van der Waals surface area contributed by atoms with Crippen molar-refractivity contribution in [2.75, 3.05) is 13.2 Å². The number of rotatable bonds is 62. The van der Waals surface area contributed by atoms with Crippen LogP contribution in [0.4, 0.5) is 0 Å². The van der Waals surface area contributed by atoms with Gasteiger partial charge in [0.2, 0.25) is 0 Å². The second-order valence-electron chi connectivity index (χ2n) is 22.7. The monoisotopic (exact) mass is 1150 g/mol. The van der Waals surface area contributed by atoms with Gasteiger partial charge < -0.3 is 14.2 Å². The Morgan fingerprint density at radius 3 is 0.735 bits per heavy atom. The molecular formula is C77H128O6. The maximum atomic E-state index is 13.0. The Morgan fingerprint density at radius 2 is 0.470 bits per heavy atom. The van der Waals surface area contributed by atoms with Gasteiger partial charge in [0.05, 0.1) is 0 Å². The smallest absolute Gasteiger partial charge is 0.306 e. The summed E-state index contributed by atoms with van der Waals surface area (Å²) in [4.78, 5) is 38.5. The van der Waals surface area contributed by atoms with E-state index in [1.807, 2.05) is 0 Å². The number of hydrogen-bond donors (Lipinski definition) is 0.